The third-order valence-electron chi connectivity index (χ3n) is 3.07. The first-order valence-corrected chi connectivity index (χ1v) is 5.56. The lowest BCUT2D eigenvalue weighted by Gasteiger charge is -2.17. The van der Waals surface area contributed by atoms with Gasteiger partial charge in [-0.3, -0.25) is 0 Å². The molecule has 0 radical (unpaired) electrons. The standard InChI is InChI=1S/C10H15N3O3/c14-9-5-3-1-2-4-8(9)12-7-6-10(11-12)13(15)16/h6-9,14H,1-5H2. The summed E-state index contributed by atoms with van der Waals surface area (Å²) >= 11 is 0. The van der Waals surface area contributed by atoms with Gasteiger partial charge in [-0.05, 0) is 17.8 Å². The lowest BCUT2D eigenvalue weighted by Crippen LogP contribution is -2.23. The van der Waals surface area contributed by atoms with Crippen molar-refractivity contribution in [2.75, 3.05) is 0 Å². The Labute approximate surface area is 93.0 Å². The molecule has 1 aliphatic carbocycles. The molecule has 1 heterocycles. The number of aromatic nitrogens is 2. The quantitative estimate of drug-likeness (QED) is 0.471. The summed E-state index contributed by atoms with van der Waals surface area (Å²) in [5, 5.41) is 24.3. The fraction of sp³-hybridized carbons (Fsp3) is 0.700. The molecule has 6 nitrogen and oxygen atoms in total. The summed E-state index contributed by atoms with van der Waals surface area (Å²) in [7, 11) is 0. The second-order valence-electron chi connectivity index (χ2n) is 4.18. The molecule has 2 atom stereocenters. The third-order valence-corrected chi connectivity index (χ3v) is 3.07. The van der Waals surface area contributed by atoms with Crippen LogP contribution in [0.15, 0.2) is 12.3 Å². The molecule has 6 heteroatoms. The minimum absolute atomic E-state index is 0.115. The number of nitro groups is 1. The Kier molecular flexibility index (Phi) is 3.19. The Balaban J connectivity index is 2.17. The van der Waals surface area contributed by atoms with Crippen molar-refractivity contribution >= 4 is 5.82 Å². The molecule has 1 fully saturated rings. The molecular formula is C10H15N3O3. The maximum atomic E-state index is 10.5. The molecule has 0 spiro atoms. The number of hydrogen-bond acceptors (Lipinski definition) is 4. The van der Waals surface area contributed by atoms with E-state index in [4.69, 9.17) is 0 Å². The predicted octanol–water partition coefficient (Wildman–Crippen LogP) is 1.66. The summed E-state index contributed by atoms with van der Waals surface area (Å²) in [6, 6.07) is 1.26. The highest BCUT2D eigenvalue weighted by molar-refractivity contribution is 5.14. The van der Waals surface area contributed by atoms with Gasteiger partial charge in [0.1, 0.15) is 0 Å². The van der Waals surface area contributed by atoms with Crippen LogP contribution in [0.1, 0.15) is 38.1 Å². The first-order chi connectivity index (χ1) is 7.68. The van der Waals surface area contributed by atoms with E-state index >= 15 is 0 Å². The van der Waals surface area contributed by atoms with Crippen molar-refractivity contribution in [1.82, 2.24) is 9.78 Å². The molecule has 1 aliphatic rings. The summed E-state index contributed by atoms with van der Waals surface area (Å²) in [5.74, 6) is -0.156. The van der Waals surface area contributed by atoms with E-state index in [1.807, 2.05) is 0 Å². The second kappa shape index (κ2) is 4.61. The molecule has 0 aliphatic heterocycles. The number of rotatable bonds is 2. The minimum atomic E-state index is -0.514. The van der Waals surface area contributed by atoms with Crippen LogP contribution < -0.4 is 0 Å². The van der Waals surface area contributed by atoms with E-state index in [0.29, 0.717) is 0 Å². The van der Waals surface area contributed by atoms with Gasteiger partial charge in [-0.2, -0.15) is 4.68 Å². The highest BCUT2D eigenvalue weighted by Crippen LogP contribution is 2.27. The van der Waals surface area contributed by atoms with Gasteiger partial charge in [0.15, 0.2) is 0 Å². The maximum absolute atomic E-state index is 10.5. The molecule has 1 aromatic heterocycles. The summed E-state index contributed by atoms with van der Waals surface area (Å²) < 4.78 is 1.54. The molecule has 16 heavy (non-hydrogen) atoms. The highest BCUT2D eigenvalue weighted by Gasteiger charge is 2.27. The Morgan fingerprint density at radius 1 is 1.44 bits per heavy atom. The van der Waals surface area contributed by atoms with Crippen molar-refractivity contribution < 1.29 is 10.0 Å². The lowest BCUT2D eigenvalue weighted by atomic mass is 10.1. The smallest absolute Gasteiger partial charge is 0.389 e. The van der Waals surface area contributed by atoms with E-state index in [2.05, 4.69) is 5.10 Å². The number of aliphatic hydroxyl groups excluding tert-OH is 1. The molecule has 0 saturated heterocycles. The van der Waals surface area contributed by atoms with Crippen LogP contribution in [-0.2, 0) is 0 Å². The van der Waals surface area contributed by atoms with Gasteiger partial charge < -0.3 is 15.2 Å². The fourth-order valence-corrected chi connectivity index (χ4v) is 2.19. The van der Waals surface area contributed by atoms with Gasteiger partial charge >= 0.3 is 5.82 Å². The van der Waals surface area contributed by atoms with Gasteiger partial charge in [-0.25, -0.2) is 0 Å². The Morgan fingerprint density at radius 2 is 2.19 bits per heavy atom. The maximum Gasteiger partial charge on any atom is 0.389 e. The van der Waals surface area contributed by atoms with Crippen molar-refractivity contribution in [3.05, 3.63) is 22.4 Å². The zero-order valence-electron chi connectivity index (χ0n) is 8.95. The zero-order chi connectivity index (χ0) is 11.5. The van der Waals surface area contributed by atoms with Crippen molar-refractivity contribution in [2.45, 2.75) is 44.2 Å². The molecule has 0 bridgehead atoms. The van der Waals surface area contributed by atoms with Gasteiger partial charge in [-0.1, -0.05) is 19.3 Å². The van der Waals surface area contributed by atoms with Gasteiger partial charge in [0, 0.05) is 0 Å². The molecular weight excluding hydrogens is 210 g/mol. The Hall–Kier alpha value is -1.43. The van der Waals surface area contributed by atoms with E-state index < -0.39 is 11.0 Å². The molecule has 0 amide bonds. The topological polar surface area (TPSA) is 81.2 Å². The van der Waals surface area contributed by atoms with Crippen LogP contribution in [0.2, 0.25) is 0 Å². The van der Waals surface area contributed by atoms with Crippen LogP contribution in [-0.4, -0.2) is 25.9 Å². The van der Waals surface area contributed by atoms with Gasteiger partial charge in [0.2, 0.25) is 0 Å². The van der Waals surface area contributed by atoms with E-state index in [1.54, 1.807) is 6.20 Å². The van der Waals surface area contributed by atoms with Crippen molar-refractivity contribution in [2.24, 2.45) is 0 Å². The Morgan fingerprint density at radius 3 is 2.88 bits per heavy atom. The normalized spacial score (nSPS) is 26.3. The van der Waals surface area contributed by atoms with Crippen LogP contribution in [0.25, 0.3) is 0 Å². The van der Waals surface area contributed by atoms with Crippen molar-refractivity contribution in [3.63, 3.8) is 0 Å². The Bertz CT molecular complexity index is 377. The molecule has 2 rings (SSSR count). The zero-order valence-corrected chi connectivity index (χ0v) is 8.95. The van der Waals surface area contributed by atoms with E-state index in [9.17, 15) is 15.2 Å². The van der Waals surface area contributed by atoms with Crippen LogP contribution in [0, 0.1) is 10.1 Å². The van der Waals surface area contributed by atoms with Crippen molar-refractivity contribution in [1.29, 1.82) is 0 Å². The fourth-order valence-electron chi connectivity index (χ4n) is 2.19. The van der Waals surface area contributed by atoms with Crippen molar-refractivity contribution in [3.8, 4) is 0 Å². The SMILES string of the molecule is O=[N+]([O-])c1ccn(C2CCCCCC2O)n1. The second-order valence-corrected chi connectivity index (χ2v) is 4.18. The number of aliphatic hydroxyl groups is 1. The van der Waals surface area contributed by atoms with Crippen LogP contribution >= 0.6 is 0 Å². The molecule has 1 saturated carbocycles. The summed E-state index contributed by atoms with van der Waals surface area (Å²) in [6.07, 6.45) is 5.88. The molecule has 0 aromatic carbocycles. The molecule has 88 valence electrons. The summed E-state index contributed by atoms with van der Waals surface area (Å²) in [6.45, 7) is 0. The molecule has 2 unspecified atom stereocenters. The highest BCUT2D eigenvalue weighted by atomic mass is 16.6. The lowest BCUT2D eigenvalue weighted by molar-refractivity contribution is -0.389. The van der Waals surface area contributed by atoms with Gasteiger partial charge in [0.25, 0.3) is 0 Å². The van der Waals surface area contributed by atoms with E-state index in [0.717, 1.165) is 32.1 Å². The number of nitrogens with zero attached hydrogens (tertiary/aromatic N) is 3. The summed E-state index contributed by atoms with van der Waals surface area (Å²) in [5.41, 5.74) is 0. The van der Waals surface area contributed by atoms with Crippen LogP contribution in [0.5, 0.6) is 0 Å². The van der Waals surface area contributed by atoms with Gasteiger partial charge in [-0.15, -0.1) is 0 Å². The van der Waals surface area contributed by atoms with Crippen LogP contribution in [0.3, 0.4) is 0 Å². The largest absolute Gasteiger partial charge is 0.391 e. The van der Waals surface area contributed by atoms with E-state index in [-0.39, 0.29) is 11.9 Å². The molecule has 1 aromatic rings. The molecule has 1 N–H and O–H groups in total. The first kappa shape index (κ1) is 11.1. The third kappa shape index (κ3) is 2.21. The number of hydrogen-bond donors (Lipinski definition) is 1. The monoisotopic (exact) mass is 225 g/mol. The first-order valence-electron chi connectivity index (χ1n) is 5.56. The average molecular weight is 225 g/mol. The predicted molar refractivity (Wildman–Crippen MR) is 57.0 cm³/mol. The van der Waals surface area contributed by atoms with Gasteiger partial charge in [0.05, 0.1) is 29.5 Å². The van der Waals surface area contributed by atoms with E-state index in [1.165, 1.54) is 10.7 Å². The minimum Gasteiger partial charge on any atom is -0.391 e. The summed E-state index contributed by atoms with van der Waals surface area (Å²) in [4.78, 5) is 10.00. The van der Waals surface area contributed by atoms with Crippen LogP contribution in [0.4, 0.5) is 5.82 Å². The average Bonchev–Trinajstić information content (AvgIpc) is 2.63.